The van der Waals surface area contributed by atoms with Crippen LogP contribution in [0.25, 0.3) is 0 Å². The highest BCUT2D eigenvalue weighted by Crippen LogP contribution is 2.08. The molecule has 14 heavy (non-hydrogen) atoms. The summed E-state index contributed by atoms with van der Waals surface area (Å²) in [5.41, 5.74) is 0. The summed E-state index contributed by atoms with van der Waals surface area (Å²) in [5.74, 6) is 0. The molecule has 0 spiro atoms. The van der Waals surface area contributed by atoms with Crippen molar-refractivity contribution in [2.75, 3.05) is 26.6 Å². The van der Waals surface area contributed by atoms with Crippen LogP contribution >= 0.6 is 12.2 Å². The third kappa shape index (κ3) is 3.39. The molecule has 0 aromatic carbocycles. The van der Waals surface area contributed by atoms with E-state index in [-0.39, 0.29) is 8.82 Å². The average Bonchev–Trinajstić information content (AvgIpc) is 1.79. The lowest BCUT2D eigenvalue weighted by molar-refractivity contribution is 0.527. The molecule has 0 bridgehead atoms. The molecular formula is C5H12N2O4S3. The van der Waals surface area contributed by atoms with E-state index in [1.165, 1.54) is 19.0 Å². The van der Waals surface area contributed by atoms with Crippen LogP contribution in [0.2, 0.25) is 0 Å². The molecule has 0 aromatic heterocycles. The largest absolute Gasteiger partial charge is 0.354 e. The number of sulfonamides is 2. The molecule has 6 nitrogen and oxygen atoms in total. The van der Waals surface area contributed by atoms with Gasteiger partial charge < -0.3 is 4.90 Å². The Morgan fingerprint density at radius 3 is 1.36 bits per heavy atom. The van der Waals surface area contributed by atoms with E-state index >= 15 is 0 Å². The quantitative estimate of drug-likeness (QED) is 0.596. The minimum atomic E-state index is -3.90. The molecule has 0 saturated carbocycles. The average molecular weight is 260 g/mol. The van der Waals surface area contributed by atoms with Crippen molar-refractivity contribution in [1.82, 2.24) is 8.61 Å². The van der Waals surface area contributed by atoms with Gasteiger partial charge in [-0.3, -0.25) is 0 Å². The topological polar surface area (TPSA) is 74.8 Å². The number of hydrogen-bond acceptors (Lipinski definition) is 5. The van der Waals surface area contributed by atoms with Crippen molar-refractivity contribution in [2.24, 2.45) is 0 Å². The van der Waals surface area contributed by atoms with Gasteiger partial charge in [0.05, 0.1) is 12.5 Å². The summed E-state index contributed by atoms with van der Waals surface area (Å²) in [4.78, 5) is 1.23. The maximum atomic E-state index is 11.2. The number of hydrogen-bond donors (Lipinski definition) is 0. The number of thiocarbonyl (C=S) groups is 1. The van der Waals surface area contributed by atoms with Crippen molar-refractivity contribution in [2.45, 2.75) is 0 Å². The maximum absolute atomic E-state index is 11.2. The lowest BCUT2D eigenvalue weighted by Crippen LogP contribution is -2.45. The SMILES string of the molecule is CN(C)C(=S)N(S(C)(=O)=O)S(C)(=O)=O. The van der Waals surface area contributed by atoms with Crippen molar-refractivity contribution in [3.05, 3.63) is 0 Å². The Bertz CT molecular complexity index is 390. The highest BCUT2D eigenvalue weighted by molar-refractivity contribution is 8.05. The summed E-state index contributed by atoms with van der Waals surface area (Å²) in [6.07, 6.45) is 1.56. The fourth-order valence-electron chi connectivity index (χ4n) is 0.693. The Kier molecular flexibility index (Phi) is 3.87. The van der Waals surface area contributed by atoms with Gasteiger partial charge in [0.1, 0.15) is 0 Å². The Balaban J connectivity index is 5.50. The van der Waals surface area contributed by atoms with E-state index in [1.807, 2.05) is 0 Å². The summed E-state index contributed by atoms with van der Waals surface area (Å²) in [5, 5.41) is -0.282. The molecule has 0 unspecified atom stereocenters. The zero-order chi connectivity index (χ0) is 11.7. The van der Waals surface area contributed by atoms with Crippen LogP contribution in [0, 0.1) is 0 Å². The van der Waals surface area contributed by atoms with Gasteiger partial charge in [0, 0.05) is 14.1 Å². The maximum Gasteiger partial charge on any atom is 0.247 e. The van der Waals surface area contributed by atoms with Gasteiger partial charge >= 0.3 is 0 Å². The second-order valence-electron chi connectivity index (χ2n) is 2.90. The fraction of sp³-hybridized carbons (Fsp3) is 0.800. The summed E-state index contributed by atoms with van der Waals surface area (Å²) in [6, 6.07) is 0. The Labute approximate surface area is 89.6 Å². The van der Waals surface area contributed by atoms with E-state index in [1.54, 1.807) is 0 Å². The molecule has 84 valence electrons. The van der Waals surface area contributed by atoms with E-state index in [0.717, 1.165) is 12.5 Å². The van der Waals surface area contributed by atoms with Crippen molar-refractivity contribution < 1.29 is 16.8 Å². The summed E-state index contributed by atoms with van der Waals surface area (Å²) in [7, 11) is -4.88. The van der Waals surface area contributed by atoms with Crippen LogP contribution in [0.1, 0.15) is 0 Å². The van der Waals surface area contributed by atoms with Crippen LogP contribution < -0.4 is 0 Å². The molecule has 0 aliphatic rings. The molecule has 0 radical (unpaired) electrons. The third-order valence-electron chi connectivity index (χ3n) is 1.14. The van der Waals surface area contributed by atoms with Gasteiger partial charge in [0.2, 0.25) is 20.0 Å². The van der Waals surface area contributed by atoms with Gasteiger partial charge in [-0.2, -0.15) is 0 Å². The van der Waals surface area contributed by atoms with E-state index in [2.05, 4.69) is 12.2 Å². The first-order valence-corrected chi connectivity index (χ1v) is 7.50. The molecule has 0 aromatic rings. The Hall–Kier alpha value is -0.410. The summed E-state index contributed by atoms with van der Waals surface area (Å²) in [6.45, 7) is 0. The zero-order valence-corrected chi connectivity index (χ0v) is 10.7. The predicted octanol–water partition coefficient (Wildman–Crippen LogP) is -0.946. The fourth-order valence-corrected chi connectivity index (χ4v) is 4.37. The van der Waals surface area contributed by atoms with Crippen molar-refractivity contribution in [3.8, 4) is 0 Å². The molecule has 0 fully saturated rings. The molecule has 9 heteroatoms. The normalized spacial score (nSPS) is 12.3. The second-order valence-corrected chi connectivity index (χ2v) is 7.16. The molecule has 0 aliphatic heterocycles. The molecule has 0 atom stereocenters. The monoisotopic (exact) mass is 260 g/mol. The number of rotatable bonds is 2. The zero-order valence-electron chi connectivity index (χ0n) is 8.25. The van der Waals surface area contributed by atoms with Crippen molar-refractivity contribution in [1.29, 1.82) is 0 Å². The molecular weight excluding hydrogens is 248 g/mol. The Morgan fingerprint density at radius 2 is 1.29 bits per heavy atom. The first-order chi connectivity index (χ1) is 5.98. The molecule has 0 amide bonds. The van der Waals surface area contributed by atoms with Crippen LogP contribution in [0.3, 0.4) is 0 Å². The molecule has 0 N–H and O–H groups in total. The van der Waals surface area contributed by atoms with Gasteiger partial charge in [0.25, 0.3) is 0 Å². The minimum absolute atomic E-state index is 0.218. The van der Waals surface area contributed by atoms with Crippen LogP contribution in [0.5, 0.6) is 0 Å². The third-order valence-corrected chi connectivity index (χ3v) is 5.10. The van der Waals surface area contributed by atoms with E-state index in [4.69, 9.17) is 0 Å². The van der Waals surface area contributed by atoms with Gasteiger partial charge in [-0.05, 0) is 12.2 Å². The van der Waals surface area contributed by atoms with Crippen molar-refractivity contribution in [3.63, 3.8) is 0 Å². The van der Waals surface area contributed by atoms with Crippen LogP contribution in [0.15, 0.2) is 0 Å². The van der Waals surface area contributed by atoms with Gasteiger partial charge in [0.15, 0.2) is 5.11 Å². The lowest BCUT2D eigenvalue weighted by Gasteiger charge is -2.24. The molecule has 0 aliphatic carbocycles. The van der Waals surface area contributed by atoms with E-state index in [9.17, 15) is 16.8 Å². The summed E-state index contributed by atoms with van der Waals surface area (Å²) < 4.78 is 44.8. The smallest absolute Gasteiger partial charge is 0.247 e. The first-order valence-electron chi connectivity index (χ1n) is 3.39. The summed E-state index contributed by atoms with van der Waals surface area (Å²) >= 11 is 4.69. The minimum Gasteiger partial charge on any atom is -0.354 e. The number of nitrogens with zero attached hydrogens (tertiary/aromatic N) is 2. The molecule has 0 heterocycles. The Morgan fingerprint density at radius 1 is 1.00 bits per heavy atom. The highest BCUT2D eigenvalue weighted by Gasteiger charge is 2.30. The van der Waals surface area contributed by atoms with Crippen molar-refractivity contribution >= 4 is 37.4 Å². The highest BCUT2D eigenvalue weighted by atomic mass is 32.3. The second kappa shape index (κ2) is 3.99. The van der Waals surface area contributed by atoms with Crippen LogP contribution in [0.4, 0.5) is 0 Å². The molecule has 0 saturated heterocycles. The van der Waals surface area contributed by atoms with E-state index in [0.29, 0.717) is 0 Å². The van der Waals surface area contributed by atoms with Crippen LogP contribution in [-0.2, 0) is 20.0 Å². The van der Waals surface area contributed by atoms with Gasteiger partial charge in [-0.15, -0.1) is 3.71 Å². The first kappa shape index (κ1) is 13.6. The van der Waals surface area contributed by atoms with Crippen LogP contribution in [-0.4, -0.2) is 57.2 Å². The van der Waals surface area contributed by atoms with Gasteiger partial charge in [-0.1, -0.05) is 0 Å². The standard InChI is InChI=1S/C5H12N2O4S3/c1-6(2)5(12)7(13(3,8)9)14(4,10)11/h1-4H3. The van der Waals surface area contributed by atoms with E-state index < -0.39 is 20.0 Å². The van der Waals surface area contributed by atoms with Gasteiger partial charge in [-0.25, -0.2) is 16.8 Å². The predicted molar refractivity (Wildman–Crippen MR) is 57.8 cm³/mol. The molecule has 0 rings (SSSR count). The lowest BCUT2D eigenvalue weighted by atomic mass is 10.9.